The molecular formula is C12H12N4O5. The second-order valence-electron chi connectivity index (χ2n) is 3.80. The molecule has 0 unspecified atom stereocenters. The monoisotopic (exact) mass is 292 g/mol. The molecule has 0 atom stereocenters. The zero-order chi connectivity index (χ0) is 15.4. The molecule has 110 valence electrons. The first-order valence-electron chi connectivity index (χ1n) is 5.71. The second-order valence-corrected chi connectivity index (χ2v) is 3.80. The number of hydrogen-bond donors (Lipinski definition) is 2. The fraction of sp³-hybridized carbons (Fsp3) is 0.167. The van der Waals surface area contributed by atoms with E-state index in [4.69, 9.17) is 15.2 Å². The summed E-state index contributed by atoms with van der Waals surface area (Å²) in [4.78, 5) is 22.4. The first-order chi connectivity index (χ1) is 10.1. The Morgan fingerprint density at radius 3 is 2.62 bits per heavy atom. The summed E-state index contributed by atoms with van der Waals surface area (Å²) in [6.07, 6.45) is -0.874. The Morgan fingerprint density at radius 1 is 1.24 bits per heavy atom. The molecule has 3 N–H and O–H groups in total. The molecule has 0 saturated heterocycles. The Labute approximate surface area is 119 Å². The average Bonchev–Trinajstić information content (AvgIpc) is 2.96. The number of primary amides is 1. The minimum absolute atomic E-state index is 0.0523. The molecule has 2 aromatic rings. The van der Waals surface area contributed by atoms with Crippen molar-refractivity contribution in [1.82, 2.24) is 15.4 Å². The van der Waals surface area contributed by atoms with Crippen LogP contribution in [0.3, 0.4) is 0 Å². The number of benzene rings is 1. The summed E-state index contributed by atoms with van der Waals surface area (Å²) in [5, 5.41) is 9.86. The number of rotatable bonds is 4. The van der Waals surface area contributed by atoms with Gasteiger partial charge in [-0.3, -0.25) is 4.79 Å². The Morgan fingerprint density at radius 2 is 2.00 bits per heavy atom. The van der Waals surface area contributed by atoms with Crippen LogP contribution in [0, 0.1) is 0 Å². The van der Waals surface area contributed by atoms with Crippen LogP contribution in [-0.4, -0.2) is 41.7 Å². The Balaban J connectivity index is 2.49. The molecule has 0 aliphatic carbocycles. The normalized spacial score (nSPS) is 10.0. The Hall–Kier alpha value is -3.10. The van der Waals surface area contributed by atoms with Crippen LogP contribution in [-0.2, 0) is 4.74 Å². The lowest BCUT2D eigenvalue weighted by molar-refractivity contribution is 0.0995. The number of H-pyrrole nitrogens is 1. The molecule has 1 amide bonds. The first kappa shape index (κ1) is 14.3. The molecule has 0 spiro atoms. The summed E-state index contributed by atoms with van der Waals surface area (Å²) >= 11 is 0. The minimum atomic E-state index is -0.874. The van der Waals surface area contributed by atoms with Gasteiger partial charge in [0.25, 0.3) is 5.91 Å². The number of amides is 1. The van der Waals surface area contributed by atoms with Crippen LogP contribution in [0.25, 0.3) is 11.3 Å². The molecule has 0 radical (unpaired) electrons. The number of carbonyl (C=O) groups is 2. The van der Waals surface area contributed by atoms with Gasteiger partial charge < -0.3 is 19.9 Å². The van der Waals surface area contributed by atoms with E-state index in [-0.39, 0.29) is 17.1 Å². The third kappa shape index (κ3) is 2.91. The molecule has 1 heterocycles. The van der Waals surface area contributed by atoms with Crippen LogP contribution in [0.2, 0.25) is 0 Å². The fourth-order valence-electron chi connectivity index (χ4n) is 1.66. The number of nitrogens with one attached hydrogen (secondary N) is 1. The van der Waals surface area contributed by atoms with Gasteiger partial charge in [0, 0.05) is 0 Å². The zero-order valence-electron chi connectivity index (χ0n) is 11.2. The van der Waals surface area contributed by atoms with Crippen LogP contribution in [0.15, 0.2) is 18.2 Å². The van der Waals surface area contributed by atoms with Crippen LogP contribution in [0.5, 0.6) is 11.5 Å². The van der Waals surface area contributed by atoms with Gasteiger partial charge in [-0.05, 0) is 18.2 Å². The van der Waals surface area contributed by atoms with E-state index in [9.17, 15) is 9.59 Å². The van der Waals surface area contributed by atoms with Crippen molar-refractivity contribution in [1.29, 1.82) is 0 Å². The number of hydrogen-bond acceptors (Lipinski definition) is 7. The van der Waals surface area contributed by atoms with Crippen LogP contribution in [0.4, 0.5) is 4.79 Å². The first-order valence-corrected chi connectivity index (χ1v) is 5.71. The number of carbonyl (C=O) groups excluding carboxylic acids is 2. The summed E-state index contributed by atoms with van der Waals surface area (Å²) in [6.45, 7) is 0. The molecule has 2 rings (SSSR count). The van der Waals surface area contributed by atoms with Gasteiger partial charge in [-0.1, -0.05) is 0 Å². The van der Waals surface area contributed by atoms with Crippen molar-refractivity contribution in [2.24, 2.45) is 5.73 Å². The molecule has 1 aromatic heterocycles. The highest BCUT2D eigenvalue weighted by Crippen LogP contribution is 2.33. The van der Waals surface area contributed by atoms with Crippen molar-refractivity contribution in [3.05, 3.63) is 23.9 Å². The fourth-order valence-corrected chi connectivity index (χ4v) is 1.66. The van der Waals surface area contributed by atoms with E-state index in [1.807, 2.05) is 0 Å². The summed E-state index contributed by atoms with van der Waals surface area (Å²) in [6, 6.07) is 4.51. The molecule has 0 aliphatic rings. The van der Waals surface area contributed by atoms with Crippen molar-refractivity contribution in [2.75, 3.05) is 14.2 Å². The van der Waals surface area contributed by atoms with Gasteiger partial charge in [0.2, 0.25) is 0 Å². The maximum absolute atomic E-state index is 11.3. The van der Waals surface area contributed by atoms with Crippen LogP contribution in [0.1, 0.15) is 10.5 Å². The van der Waals surface area contributed by atoms with E-state index < -0.39 is 12.1 Å². The number of ether oxygens (including phenoxy) is 3. The molecule has 21 heavy (non-hydrogen) atoms. The maximum atomic E-state index is 11.3. The lowest BCUT2D eigenvalue weighted by Crippen LogP contribution is -2.13. The average molecular weight is 292 g/mol. The van der Waals surface area contributed by atoms with Gasteiger partial charge in [0.1, 0.15) is 17.2 Å². The molecule has 0 aliphatic heterocycles. The molecule has 0 saturated carbocycles. The highest BCUT2D eigenvalue weighted by molar-refractivity contribution is 5.97. The van der Waals surface area contributed by atoms with Gasteiger partial charge >= 0.3 is 6.16 Å². The van der Waals surface area contributed by atoms with E-state index in [0.717, 1.165) is 0 Å². The lowest BCUT2D eigenvalue weighted by atomic mass is 10.1. The number of aromatic nitrogens is 3. The number of methoxy groups -OCH3 is 2. The highest BCUT2D eigenvalue weighted by atomic mass is 16.7. The van der Waals surface area contributed by atoms with Crippen molar-refractivity contribution in [2.45, 2.75) is 0 Å². The number of aromatic amines is 1. The number of nitrogens with two attached hydrogens (primary N) is 1. The number of nitrogens with zero attached hydrogens (tertiary/aromatic N) is 2. The van der Waals surface area contributed by atoms with Gasteiger partial charge in [-0.15, -0.1) is 0 Å². The van der Waals surface area contributed by atoms with Gasteiger partial charge in [0.05, 0.1) is 19.8 Å². The standard InChI is InChI=1S/C12H12N4O5/c1-19-8-4-3-6(21-12(18)20-2)5-7(8)9-10(11(13)17)15-16-14-9/h3-5H,1-2H3,(H2,13,17)(H,14,15,16). The zero-order valence-corrected chi connectivity index (χ0v) is 11.2. The molecule has 9 heteroatoms. The van der Waals surface area contributed by atoms with Gasteiger partial charge in [0.15, 0.2) is 5.69 Å². The van der Waals surface area contributed by atoms with Crippen molar-refractivity contribution < 1.29 is 23.8 Å². The van der Waals surface area contributed by atoms with Gasteiger partial charge in [-0.25, -0.2) is 4.79 Å². The van der Waals surface area contributed by atoms with Crippen molar-refractivity contribution >= 4 is 12.1 Å². The van der Waals surface area contributed by atoms with Crippen molar-refractivity contribution in [3.63, 3.8) is 0 Å². The third-order valence-electron chi connectivity index (χ3n) is 2.58. The van der Waals surface area contributed by atoms with E-state index in [1.165, 1.54) is 26.4 Å². The molecule has 0 bridgehead atoms. The quantitative estimate of drug-likeness (QED) is 0.627. The predicted octanol–water partition coefficient (Wildman–Crippen LogP) is 0.724. The summed E-state index contributed by atoms with van der Waals surface area (Å²) in [5.41, 5.74) is 5.75. The van der Waals surface area contributed by atoms with Crippen LogP contribution >= 0.6 is 0 Å². The van der Waals surface area contributed by atoms with Gasteiger partial charge in [-0.2, -0.15) is 15.4 Å². The topological polar surface area (TPSA) is 129 Å². The molecular weight excluding hydrogens is 280 g/mol. The summed E-state index contributed by atoms with van der Waals surface area (Å²) < 4.78 is 14.5. The van der Waals surface area contributed by atoms with Crippen molar-refractivity contribution in [3.8, 4) is 22.8 Å². The van der Waals surface area contributed by atoms with E-state index in [0.29, 0.717) is 11.3 Å². The molecule has 9 nitrogen and oxygen atoms in total. The molecule has 0 fully saturated rings. The lowest BCUT2D eigenvalue weighted by Gasteiger charge is -2.09. The highest BCUT2D eigenvalue weighted by Gasteiger charge is 2.20. The van der Waals surface area contributed by atoms with E-state index in [2.05, 4.69) is 20.1 Å². The summed E-state index contributed by atoms with van der Waals surface area (Å²) in [5.74, 6) is -0.153. The van der Waals surface area contributed by atoms with Crippen LogP contribution < -0.4 is 15.2 Å². The Bertz CT molecular complexity index is 682. The van der Waals surface area contributed by atoms with E-state index in [1.54, 1.807) is 6.07 Å². The predicted molar refractivity (Wildman–Crippen MR) is 69.9 cm³/mol. The maximum Gasteiger partial charge on any atom is 0.513 e. The smallest absolute Gasteiger partial charge is 0.496 e. The minimum Gasteiger partial charge on any atom is -0.496 e. The second kappa shape index (κ2) is 5.90. The summed E-state index contributed by atoms with van der Waals surface area (Å²) in [7, 11) is 2.64. The third-order valence-corrected chi connectivity index (χ3v) is 2.58. The van der Waals surface area contributed by atoms with E-state index >= 15 is 0 Å². The largest absolute Gasteiger partial charge is 0.513 e. The Kier molecular flexibility index (Phi) is 4.02. The SMILES string of the molecule is COC(=O)Oc1ccc(OC)c(-c2n[nH]nc2C(N)=O)c1. The molecule has 1 aromatic carbocycles.